The fraction of sp³-hybridized carbons (Fsp3) is 0.864. The van der Waals surface area contributed by atoms with E-state index in [0.717, 1.165) is 25.3 Å². The smallest absolute Gasteiger partial charge is 0.408 e. The molecule has 1 atom stereocenters. The van der Waals surface area contributed by atoms with Crippen molar-refractivity contribution in [3.63, 3.8) is 0 Å². The Morgan fingerprint density at radius 2 is 1.55 bits per heavy atom. The monoisotopic (exact) mass is 420 g/mol. The van der Waals surface area contributed by atoms with Gasteiger partial charge in [-0.1, -0.05) is 48.5 Å². The van der Waals surface area contributed by atoms with Gasteiger partial charge in [0.25, 0.3) is 6.47 Å². The molecule has 0 aliphatic carbocycles. The third-order valence-corrected chi connectivity index (χ3v) is 2.75. The normalized spacial score (nSPS) is 14.2. The number of alkyl carbamates (subject to hydrolysis) is 1. The van der Waals surface area contributed by atoms with Crippen LogP contribution in [-0.2, 0) is 19.1 Å². The molecule has 0 spiro atoms. The summed E-state index contributed by atoms with van der Waals surface area (Å²) in [5.74, 6) is 0.792. The van der Waals surface area contributed by atoms with Gasteiger partial charge in [0.2, 0.25) is 5.91 Å². The summed E-state index contributed by atoms with van der Waals surface area (Å²) in [5, 5.41) is 2.48. The van der Waals surface area contributed by atoms with Crippen molar-refractivity contribution in [1.29, 1.82) is 0 Å². The van der Waals surface area contributed by atoms with Crippen LogP contribution in [-0.4, -0.2) is 55.2 Å². The average Bonchev–Trinajstić information content (AvgIpc) is 3.07. The third kappa shape index (κ3) is 28.5. The maximum atomic E-state index is 11.8. The summed E-state index contributed by atoms with van der Waals surface area (Å²) in [6.07, 6.45) is 1.54. The number of amides is 2. The largest absolute Gasteiger partial charge is 0.471 e. The van der Waals surface area contributed by atoms with E-state index in [1.807, 2.05) is 34.6 Å². The van der Waals surface area contributed by atoms with Crippen molar-refractivity contribution in [3.8, 4) is 0 Å². The van der Waals surface area contributed by atoms with E-state index in [1.165, 1.54) is 7.11 Å². The Morgan fingerprint density at radius 1 is 1.14 bits per heavy atom. The molecule has 1 saturated heterocycles. The van der Waals surface area contributed by atoms with Gasteiger partial charge < -0.3 is 19.7 Å². The van der Waals surface area contributed by atoms with Crippen molar-refractivity contribution in [2.75, 3.05) is 20.2 Å². The lowest BCUT2D eigenvalue weighted by Gasteiger charge is -2.23. The number of methoxy groups -OCH3 is 1. The van der Waals surface area contributed by atoms with Crippen LogP contribution in [0.15, 0.2) is 0 Å². The zero-order valence-corrected chi connectivity index (χ0v) is 21.0. The molecule has 1 unspecified atom stereocenters. The van der Waals surface area contributed by atoms with Crippen molar-refractivity contribution in [1.82, 2.24) is 10.2 Å². The fourth-order valence-electron chi connectivity index (χ4n) is 1.87. The van der Waals surface area contributed by atoms with Crippen molar-refractivity contribution in [2.45, 2.75) is 101 Å². The van der Waals surface area contributed by atoms with Gasteiger partial charge in [-0.25, -0.2) is 4.79 Å². The summed E-state index contributed by atoms with van der Waals surface area (Å²) in [6, 6.07) is 0.280. The van der Waals surface area contributed by atoms with Gasteiger partial charge in [0, 0.05) is 12.6 Å². The number of ether oxygens (including phenoxy) is 2. The van der Waals surface area contributed by atoms with E-state index in [4.69, 9.17) is 9.53 Å². The first-order chi connectivity index (χ1) is 13.4. The average molecular weight is 421 g/mol. The maximum Gasteiger partial charge on any atom is 0.408 e. The van der Waals surface area contributed by atoms with Crippen LogP contribution in [0.3, 0.4) is 0 Å². The summed E-state index contributed by atoms with van der Waals surface area (Å²) in [5.41, 5.74) is -0.534. The van der Waals surface area contributed by atoms with Crippen LogP contribution in [0.5, 0.6) is 0 Å². The second kappa shape index (κ2) is 22.5. The lowest BCUT2D eigenvalue weighted by molar-refractivity contribution is -0.130. The van der Waals surface area contributed by atoms with Gasteiger partial charge in [-0.15, -0.1) is 0 Å². The quantitative estimate of drug-likeness (QED) is 0.648. The van der Waals surface area contributed by atoms with Crippen LogP contribution < -0.4 is 5.32 Å². The van der Waals surface area contributed by atoms with E-state index in [1.54, 1.807) is 25.7 Å². The van der Waals surface area contributed by atoms with Gasteiger partial charge in [0.15, 0.2) is 0 Å². The lowest BCUT2D eigenvalue weighted by atomic mass is 10.2. The molecule has 1 aliphatic rings. The fourth-order valence-corrected chi connectivity index (χ4v) is 1.87. The number of hydrogen-bond donors (Lipinski definition) is 1. The van der Waals surface area contributed by atoms with Crippen LogP contribution in [0, 0.1) is 5.92 Å². The van der Waals surface area contributed by atoms with Crippen molar-refractivity contribution in [3.05, 3.63) is 0 Å². The number of nitrogens with zero attached hydrogens (tertiary/aromatic N) is 1. The van der Waals surface area contributed by atoms with Gasteiger partial charge in [-0.05, 0) is 46.5 Å². The molecule has 1 rings (SSSR count). The Morgan fingerprint density at radius 3 is 1.83 bits per heavy atom. The number of carbonyl (C=O) groups is 3. The van der Waals surface area contributed by atoms with E-state index in [-0.39, 0.29) is 18.5 Å². The summed E-state index contributed by atoms with van der Waals surface area (Å²) < 4.78 is 8.92. The van der Waals surface area contributed by atoms with Gasteiger partial charge in [-0.3, -0.25) is 9.59 Å². The first-order valence-corrected chi connectivity index (χ1v) is 10.7. The number of hydrogen-bond acceptors (Lipinski definition) is 5. The SMILES string of the molecule is CC.CC.CC(C)C.CC1CCCN1C(=O)CNC(=O)OC(C)(C)C.COC=O. The minimum absolute atomic E-state index is 0.0131. The molecule has 0 bridgehead atoms. The van der Waals surface area contributed by atoms with Gasteiger partial charge in [0.05, 0.1) is 7.11 Å². The molecule has 7 nitrogen and oxygen atoms in total. The molecule has 0 aromatic heterocycles. The Hall–Kier alpha value is -1.79. The molecule has 0 aromatic rings. The highest BCUT2D eigenvalue weighted by atomic mass is 16.6. The molecule has 0 aromatic carbocycles. The van der Waals surface area contributed by atoms with E-state index in [9.17, 15) is 9.59 Å². The molecule has 1 heterocycles. The minimum atomic E-state index is -0.544. The lowest BCUT2D eigenvalue weighted by Crippen LogP contribution is -2.43. The number of likely N-dealkylation sites (tertiary alicyclic amines) is 1. The first-order valence-electron chi connectivity index (χ1n) is 10.7. The molecule has 0 saturated carbocycles. The molecule has 2 amide bonds. The van der Waals surface area contributed by atoms with E-state index in [2.05, 4.69) is 30.8 Å². The summed E-state index contributed by atoms with van der Waals surface area (Å²) >= 11 is 0. The summed E-state index contributed by atoms with van der Waals surface area (Å²) in [4.78, 5) is 33.9. The highest BCUT2D eigenvalue weighted by molar-refractivity contribution is 5.82. The van der Waals surface area contributed by atoms with E-state index in [0.29, 0.717) is 6.47 Å². The first kappa shape index (κ1) is 34.7. The number of rotatable bonds is 3. The van der Waals surface area contributed by atoms with Crippen LogP contribution in [0.25, 0.3) is 0 Å². The zero-order valence-electron chi connectivity index (χ0n) is 21.0. The molecule has 0 radical (unpaired) electrons. The van der Waals surface area contributed by atoms with Crippen LogP contribution >= 0.6 is 0 Å². The van der Waals surface area contributed by atoms with E-state index >= 15 is 0 Å². The van der Waals surface area contributed by atoms with Crippen LogP contribution in [0.2, 0.25) is 0 Å². The van der Waals surface area contributed by atoms with Gasteiger partial charge in [0.1, 0.15) is 12.1 Å². The van der Waals surface area contributed by atoms with Gasteiger partial charge >= 0.3 is 6.09 Å². The molecule has 1 N–H and O–H groups in total. The Bertz CT molecular complexity index is 390. The Balaban J connectivity index is -0.000000216. The molecule has 1 fully saturated rings. The molecular weight excluding hydrogens is 372 g/mol. The van der Waals surface area contributed by atoms with Crippen molar-refractivity contribution >= 4 is 18.5 Å². The zero-order chi connectivity index (χ0) is 24.0. The van der Waals surface area contributed by atoms with E-state index < -0.39 is 11.7 Å². The highest BCUT2D eigenvalue weighted by Crippen LogP contribution is 2.15. The summed E-state index contributed by atoms with van der Waals surface area (Å²) in [6.45, 7) is 23.1. The van der Waals surface area contributed by atoms with Crippen molar-refractivity contribution in [2.24, 2.45) is 5.92 Å². The van der Waals surface area contributed by atoms with Crippen LogP contribution in [0.1, 0.15) is 89.0 Å². The predicted molar refractivity (Wildman–Crippen MR) is 121 cm³/mol. The number of nitrogens with one attached hydrogen (secondary N) is 1. The Kier molecular flexibility index (Phi) is 26.9. The topological polar surface area (TPSA) is 84.9 Å². The molecule has 7 heteroatoms. The Labute approximate surface area is 179 Å². The molecule has 176 valence electrons. The minimum Gasteiger partial charge on any atom is -0.471 e. The third-order valence-electron chi connectivity index (χ3n) is 2.75. The summed E-state index contributed by atoms with van der Waals surface area (Å²) in [7, 11) is 1.31. The maximum absolute atomic E-state index is 11.8. The second-order valence-electron chi connectivity index (χ2n) is 7.50. The molecule has 29 heavy (non-hydrogen) atoms. The standard InChI is InChI=1S/C12H22N2O3.C4H10.C2H4O2.2C2H6/c1-9-6-5-7-14(9)10(15)8-13-11(16)17-12(2,3)4;1-4(2)3;1-4-2-3;2*1-2/h9H,5-8H2,1-4H3,(H,13,16);4H,1-3H3;2H,1H3;2*1-2H3. The number of carbonyl (C=O) groups excluding carboxylic acids is 3. The second-order valence-corrected chi connectivity index (χ2v) is 7.50. The van der Waals surface area contributed by atoms with Crippen molar-refractivity contribution < 1.29 is 23.9 Å². The van der Waals surface area contributed by atoms with Gasteiger partial charge in [-0.2, -0.15) is 0 Å². The predicted octanol–water partition coefficient (Wildman–Crippen LogP) is 5.03. The van der Waals surface area contributed by atoms with Crippen LogP contribution in [0.4, 0.5) is 4.79 Å². The molecule has 1 aliphatic heterocycles. The highest BCUT2D eigenvalue weighted by Gasteiger charge is 2.25. The molecular formula is C22H48N2O5.